The van der Waals surface area contributed by atoms with Crippen molar-refractivity contribution in [3.8, 4) is 6.07 Å². The number of hydrogen-bond donors (Lipinski definition) is 2. The van der Waals surface area contributed by atoms with Crippen LogP contribution in [0.4, 0.5) is 0 Å². The van der Waals surface area contributed by atoms with Crippen molar-refractivity contribution in [2.45, 2.75) is 12.3 Å². The number of nitrogens with two attached hydrogens (primary N) is 1. The minimum atomic E-state index is -0.409. The molecule has 0 heterocycles. The molecular weight excluding hydrogens is 176 g/mol. The molecule has 0 aliphatic heterocycles. The van der Waals surface area contributed by atoms with E-state index in [0.29, 0.717) is 12.1 Å². The van der Waals surface area contributed by atoms with Crippen LogP contribution in [0.1, 0.15) is 18.1 Å². The molecule has 0 spiro atoms. The van der Waals surface area contributed by atoms with Crippen molar-refractivity contribution in [3.63, 3.8) is 0 Å². The van der Waals surface area contributed by atoms with E-state index in [1.165, 1.54) is 0 Å². The van der Waals surface area contributed by atoms with Gasteiger partial charge < -0.3 is 10.8 Å². The Morgan fingerprint density at radius 3 is 2.36 bits per heavy atom. The predicted molar refractivity (Wildman–Crippen MR) is 54.6 cm³/mol. The highest BCUT2D eigenvalue weighted by atomic mass is 16.3. The van der Waals surface area contributed by atoms with Crippen molar-refractivity contribution in [2.24, 2.45) is 5.73 Å². The van der Waals surface area contributed by atoms with Gasteiger partial charge in [0, 0.05) is 12.0 Å². The minimum absolute atomic E-state index is 0.00933. The quantitative estimate of drug-likeness (QED) is 0.739. The monoisotopic (exact) mass is 190 g/mol. The van der Waals surface area contributed by atoms with Crippen molar-refractivity contribution >= 4 is 0 Å². The van der Waals surface area contributed by atoms with Crippen molar-refractivity contribution in [1.82, 2.24) is 0 Å². The zero-order valence-electron chi connectivity index (χ0n) is 8.20. The summed E-state index contributed by atoms with van der Waals surface area (Å²) in [6.07, 6.45) is 0. The molecule has 0 saturated heterocycles. The van der Waals surface area contributed by atoms with Gasteiger partial charge in [-0.3, -0.25) is 0 Å². The van der Waals surface area contributed by atoms with Crippen LogP contribution < -0.4 is 5.73 Å². The Kier molecular flexibility index (Phi) is 3.23. The number of hydrogen-bond acceptors (Lipinski definition) is 3. The lowest BCUT2D eigenvalue weighted by Gasteiger charge is -2.25. The van der Waals surface area contributed by atoms with Crippen LogP contribution in [0.25, 0.3) is 0 Å². The van der Waals surface area contributed by atoms with Crippen LogP contribution in [0.15, 0.2) is 24.3 Å². The van der Waals surface area contributed by atoms with Gasteiger partial charge in [-0.2, -0.15) is 5.26 Å². The van der Waals surface area contributed by atoms with E-state index in [1.807, 2.05) is 25.1 Å². The molecule has 3 heteroatoms. The smallest absolute Gasteiger partial charge is 0.0991 e. The Morgan fingerprint density at radius 2 is 2.00 bits per heavy atom. The molecule has 0 aliphatic rings. The molecule has 1 aromatic carbocycles. The summed E-state index contributed by atoms with van der Waals surface area (Å²) in [4.78, 5) is 0. The Bertz CT molecular complexity index is 333. The molecule has 0 saturated carbocycles. The fourth-order valence-electron chi connectivity index (χ4n) is 1.22. The summed E-state index contributed by atoms with van der Waals surface area (Å²) in [7, 11) is 0. The largest absolute Gasteiger partial charge is 0.395 e. The van der Waals surface area contributed by atoms with Crippen LogP contribution in [0.3, 0.4) is 0 Å². The van der Waals surface area contributed by atoms with E-state index in [9.17, 15) is 5.11 Å². The summed E-state index contributed by atoms with van der Waals surface area (Å²) in [6, 6.07) is 9.19. The van der Waals surface area contributed by atoms with Gasteiger partial charge in [-0.05, 0) is 17.7 Å². The molecule has 0 aromatic heterocycles. The van der Waals surface area contributed by atoms with Gasteiger partial charge in [0.05, 0.1) is 18.2 Å². The number of rotatable bonds is 3. The maximum atomic E-state index is 9.22. The molecule has 3 nitrogen and oxygen atoms in total. The Morgan fingerprint density at radius 1 is 1.43 bits per heavy atom. The predicted octanol–water partition coefficient (Wildman–Crippen LogP) is 0.767. The summed E-state index contributed by atoms with van der Waals surface area (Å²) >= 11 is 0. The Hall–Kier alpha value is -1.37. The van der Waals surface area contributed by atoms with Crippen LogP contribution in [-0.2, 0) is 5.41 Å². The average Bonchev–Trinajstić information content (AvgIpc) is 2.28. The zero-order chi connectivity index (χ0) is 10.6. The number of aliphatic hydroxyl groups is 1. The fraction of sp³-hybridized carbons (Fsp3) is 0.364. The number of benzene rings is 1. The van der Waals surface area contributed by atoms with Gasteiger partial charge in [-0.1, -0.05) is 19.1 Å². The van der Waals surface area contributed by atoms with Gasteiger partial charge >= 0.3 is 0 Å². The summed E-state index contributed by atoms with van der Waals surface area (Å²) in [5, 5.41) is 17.8. The van der Waals surface area contributed by atoms with E-state index in [1.54, 1.807) is 12.1 Å². The Labute approximate surface area is 83.8 Å². The first-order valence-corrected chi connectivity index (χ1v) is 4.48. The van der Waals surface area contributed by atoms with Gasteiger partial charge in [-0.25, -0.2) is 0 Å². The van der Waals surface area contributed by atoms with E-state index >= 15 is 0 Å². The molecule has 0 amide bonds. The standard InChI is InChI=1S/C11H14N2O/c1-11(7-13,8-14)10-4-2-9(6-12)3-5-10/h2-5,14H,7-8,13H2,1H3. The van der Waals surface area contributed by atoms with Gasteiger partial charge in [-0.15, -0.1) is 0 Å². The fourth-order valence-corrected chi connectivity index (χ4v) is 1.22. The van der Waals surface area contributed by atoms with E-state index < -0.39 is 5.41 Å². The van der Waals surface area contributed by atoms with E-state index in [2.05, 4.69) is 0 Å². The third kappa shape index (κ3) is 1.92. The molecular formula is C11H14N2O. The first-order valence-electron chi connectivity index (χ1n) is 4.48. The lowest BCUT2D eigenvalue weighted by atomic mass is 9.83. The average molecular weight is 190 g/mol. The second-order valence-electron chi connectivity index (χ2n) is 3.61. The summed E-state index contributed by atoms with van der Waals surface area (Å²) < 4.78 is 0. The molecule has 0 aliphatic carbocycles. The van der Waals surface area contributed by atoms with E-state index in [0.717, 1.165) is 5.56 Å². The van der Waals surface area contributed by atoms with Crippen molar-refractivity contribution in [3.05, 3.63) is 35.4 Å². The number of aliphatic hydroxyl groups excluding tert-OH is 1. The van der Waals surface area contributed by atoms with Crippen LogP contribution in [0.5, 0.6) is 0 Å². The molecule has 1 unspecified atom stereocenters. The third-order valence-corrected chi connectivity index (χ3v) is 2.51. The summed E-state index contributed by atoms with van der Waals surface area (Å²) in [6.45, 7) is 2.29. The maximum Gasteiger partial charge on any atom is 0.0991 e. The highest BCUT2D eigenvalue weighted by Gasteiger charge is 2.23. The lowest BCUT2D eigenvalue weighted by Crippen LogP contribution is -2.35. The number of nitrogens with zero attached hydrogens (tertiary/aromatic N) is 1. The van der Waals surface area contributed by atoms with Gasteiger partial charge in [0.25, 0.3) is 0 Å². The third-order valence-electron chi connectivity index (χ3n) is 2.51. The zero-order valence-corrected chi connectivity index (χ0v) is 8.20. The first kappa shape index (κ1) is 10.7. The number of nitriles is 1. The topological polar surface area (TPSA) is 70.0 Å². The first-order chi connectivity index (χ1) is 6.66. The SMILES string of the molecule is CC(CN)(CO)c1ccc(C#N)cc1. The molecule has 1 aromatic rings. The van der Waals surface area contributed by atoms with Gasteiger partial charge in [0.2, 0.25) is 0 Å². The summed E-state index contributed by atoms with van der Waals surface area (Å²) in [5.74, 6) is 0. The maximum absolute atomic E-state index is 9.22. The van der Waals surface area contributed by atoms with E-state index in [4.69, 9.17) is 11.0 Å². The molecule has 14 heavy (non-hydrogen) atoms. The van der Waals surface area contributed by atoms with E-state index in [-0.39, 0.29) is 6.61 Å². The second kappa shape index (κ2) is 4.23. The lowest BCUT2D eigenvalue weighted by molar-refractivity contribution is 0.210. The van der Waals surface area contributed by atoms with Crippen LogP contribution >= 0.6 is 0 Å². The molecule has 74 valence electrons. The minimum Gasteiger partial charge on any atom is -0.395 e. The molecule has 0 fully saturated rings. The second-order valence-corrected chi connectivity index (χ2v) is 3.61. The van der Waals surface area contributed by atoms with Crippen LogP contribution in [0, 0.1) is 11.3 Å². The molecule has 0 bridgehead atoms. The highest BCUT2D eigenvalue weighted by molar-refractivity contribution is 5.35. The summed E-state index contributed by atoms with van der Waals surface area (Å²) in [5.41, 5.74) is 6.76. The van der Waals surface area contributed by atoms with Crippen LogP contribution in [-0.4, -0.2) is 18.3 Å². The van der Waals surface area contributed by atoms with Gasteiger partial charge in [0.15, 0.2) is 0 Å². The molecule has 1 rings (SSSR count). The molecule has 3 N–H and O–H groups in total. The van der Waals surface area contributed by atoms with Crippen molar-refractivity contribution in [1.29, 1.82) is 5.26 Å². The molecule has 1 atom stereocenters. The Balaban J connectivity index is 3.02. The highest BCUT2D eigenvalue weighted by Crippen LogP contribution is 2.21. The van der Waals surface area contributed by atoms with Crippen LogP contribution in [0.2, 0.25) is 0 Å². The normalized spacial score (nSPS) is 14.4. The van der Waals surface area contributed by atoms with Gasteiger partial charge in [0.1, 0.15) is 0 Å². The van der Waals surface area contributed by atoms with Crippen molar-refractivity contribution in [2.75, 3.05) is 13.2 Å². The molecule has 0 radical (unpaired) electrons. The van der Waals surface area contributed by atoms with Crippen molar-refractivity contribution < 1.29 is 5.11 Å².